The van der Waals surface area contributed by atoms with Crippen molar-refractivity contribution >= 4 is 45.6 Å². The van der Waals surface area contributed by atoms with Gasteiger partial charge < -0.3 is 10.6 Å². The van der Waals surface area contributed by atoms with Crippen molar-refractivity contribution in [3.8, 4) is 0 Å². The fourth-order valence-electron chi connectivity index (χ4n) is 1.94. The second-order valence-electron chi connectivity index (χ2n) is 5.50. The van der Waals surface area contributed by atoms with E-state index in [9.17, 15) is 9.59 Å². The number of hydrogen-bond donors (Lipinski definition) is 2. The molecule has 0 saturated heterocycles. The molecular weight excluding hydrogens is 344 g/mol. The van der Waals surface area contributed by atoms with Crippen LogP contribution >= 0.6 is 23.1 Å². The van der Waals surface area contributed by atoms with Gasteiger partial charge in [-0.2, -0.15) is 0 Å². The molecule has 0 radical (unpaired) electrons. The highest BCUT2D eigenvalue weighted by Gasteiger charge is 2.25. The number of thioether (sulfide) groups is 1. The van der Waals surface area contributed by atoms with E-state index in [-0.39, 0.29) is 11.7 Å². The van der Waals surface area contributed by atoms with Crippen molar-refractivity contribution in [3.05, 3.63) is 29.8 Å². The minimum absolute atomic E-state index is 0.215. The van der Waals surface area contributed by atoms with Crippen molar-refractivity contribution in [2.45, 2.75) is 36.3 Å². The van der Waals surface area contributed by atoms with Gasteiger partial charge in [0.05, 0.1) is 0 Å². The van der Waals surface area contributed by atoms with Crippen molar-refractivity contribution in [2.75, 3.05) is 12.4 Å². The lowest BCUT2D eigenvalue weighted by molar-refractivity contribution is -0.126. The summed E-state index contributed by atoms with van der Waals surface area (Å²) in [5.41, 5.74) is 2.19. The number of nitrogens with zero attached hydrogens (tertiary/aromatic N) is 2. The molecule has 0 unspecified atom stereocenters. The lowest BCUT2D eigenvalue weighted by atomic mass is 10.0. The van der Waals surface area contributed by atoms with Crippen molar-refractivity contribution in [3.63, 3.8) is 0 Å². The predicted octanol–water partition coefficient (Wildman–Crippen LogP) is 3.20. The third-order valence-electron chi connectivity index (χ3n) is 3.31. The molecule has 1 aromatic heterocycles. The lowest BCUT2D eigenvalue weighted by Gasteiger charge is -2.08. The van der Waals surface area contributed by atoms with E-state index in [4.69, 9.17) is 0 Å². The summed E-state index contributed by atoms with van der Waals surface area (Å²) in [4.78, 5) is 23.3. The number of hydrogen-bond acceptors (Lipinski definition) is 7. The molecule has 0 fully saturated rings. The van der Waals surface area contributed by atoms with Crippen LogP contribution in [0, 0.1) is 0 Å². The maximum absolute atomic E-state index is 11.7. The average Bonchev–Trinajstić information content (AvgIpc) is 2.99. The number of carbonyl (C=O) groups excluding carboxylic acids is 2. The van der Waals surface area contributed by atoms with E-state index < -0.39 is 5.25 Å². The molecule has 0 aliphatic heterocycles. The topological polar surface area (TPSA) is 84.0 Å². The Morgan fingerprint density at radius 1 is 1.17 bits per heavy atom. The van der Waals surface area contributed by atoms with E-state index in [2.05, 4.69) is 46.8 Å². The normalized spacial score (nSPS) is 12.0. The van der Waals surface area contributed by atoms with Gasteiger partial charge in [-0.25, -0.2) is 0 Å². The number of amides is 1. The molecule has 24 heavy (non-hydrogen) atoms. The quantitative estimate of drug-likeness (QED) is 0.580. The van der Waals surface area contributed by atoms with Gasteiger partial charge in [-0.05, 0) is 30.5 Å². The van der Waals surface area contributed by atoms with Crippen LogP contribution in [0.25, 0.3) is 0 Å². The summed E-state index contributed by atoms with van der Waals surface area (Å²) in [6, 6.07) is 8.13. The molecule has 2 aromatic rings. The van der Waals surface area contributed by atoms with E-state index >= 15 is 0 Å². The number of carbonyl (C=O) groups is 2. The van der Waals surface area contributed by atoms with Gasteiger partial charge in [0.1, 0.15) is 5.25 Å². The molecule has 6 nitrogen and oxygen atoms in total. The first-order valence-electron chi connectivity index (χ1n) is 7.50. The lowest BCUT2D eigenvalue weighted by Crippen LogP contribution is -2.34. The van der Waals surface area contributed by atoms with Crippen molar-refractivity contribution < 1.29 is 9.59 Å². The molecule has 2 N–H and O–H groups in total. The fourth-order valence-corrected chi connectivity index (χ4v) is 3.83. The van der Waals surface area contributed by atoms with Gasteiger partial charge in [0.15, 0.2) is 10.1 Å². The molecule has 1 amide bonds. The number of rotatable bonds is 7. The standard InChI is InChI=1S/C16H20N4O2S2/c1-9(2)11-5-7-12(8-6-11)18-15-19-20-16(24-15)23-13(10(3)21)14(22)17-4/h5-9,13H,1-4H3,(H,17,22)(H,18,19)/t13-/m0/s1. The smallest absolute Gasteiger partial charge is 0.240 e. The monoisotopic (exact) mass is 364 g/mol. The van der Waals surface area contributed by atoms with Crippen molar-refractivity contribution in [2.24, 2.45) is 0 Å². The Labute approximate surface area is 149 Å². The number of Topliss-reactive ketones (excluding diaryl/α,β-unsaturated/α-hetero) is 1. The summed E-state index contributed by atoms with van der Waals surface area (Å²) in [7, 11) is 1.51. The zero-order valence-electron chi connectivity index (χ0n) is 14.0. The van der Waals surface area contributed by atoms with Crippen molar-refractivity contribution in [1.82, 2.24) is 15.5 Å². The molecule has 1 aromatic carbocycles. The Balaban J connectivity index is 2.04. The highest BCUT2D eigenvalue weighted by Crippen LogP contribution is 2.31. The summed E-state index contributed by atoms with van der Waals surface area (Å²) in [6.45, 7) is 5.69. The Bertz CT molecular complexity index is 713. The first-order valence-corrected chi connectivity index (χ1v) is 9.19. The summed E-state index contributed by atoms with van der Waals surface area (Å²) in [5.74, 6) is -0.0633. The zero-order valence-corrected chi connectivity index (χ0v) is 15.6. The average molecular weight is 364 g/mol. The van der Waals surface area contributed by atoms with E-state index in [0.29, 0.717) is 15.4 Å². The minimum Gasteiger partial charge on any atom is -0.358 e. The molecule has 1 heterocycles. The second-order valence-corrected chi connectivity index (χ2v) is 7.83. The summed E-state index contributed by atoms with van der Waals surface area (Å²) in [5, 5.41) is 13.6. The second kappa shape index (κ2) is 8.25. The van der Waals surface area contributed by atoms with Crippen LogP contribution in [-0.4, -0.2) is 34.2 Å². The molecule has 8 heteroatoms. The third-order valence-corrected chi connectivity index (χ3v) is 5.54. The van der Waals surface area contributed by atoms with Gasteiger partial charge in [0.2, 0.25) is 11.0 Å². The molecule has 0 aliphatic carbocycles. The van der Waals surface area contributed by atoms with E-state index in [0.717, 1.165) is 17.4 Å². The maximum Gasteiger partial charge on any atom is 0.240 e. The molecule has 2 rings (SSSR count). The maximum atomic E-state index is 11.7. The largest absolute Gasteiger partial charge is 0.358 e. The van der Waals surface area contributed by atoms with Crippen LogP contribution in [0.5, 0.6) is 0 Å². The summed E-state index contributed by atoms with van der Waals surface area (Å²) >= 11 is 2.42. The number of aromatic nitrogens is 2. The number of benzene rings is 1. The van der Waals surface area contributed by atoms with Crippen LogP contribution in [0.15, 0.2) is 28.6 Å². The van der Waals surface area contributed by atoms with Crippen LogP contribution in [0.3, 0.4) is 0 Å². The Morgan fingerprint density at radius 2 is 1.83 bits per heavy atom. The molecule has 0 aliphatic rings. The minimum atomic E-state index is -0.805. The fraction of sp³-hybridized carbons (Fsp3) is 0.375. The first kappa shape index (κ1) is 18.4. The number of anilines is 2. The Hall–Kier alpha value is -1.93. The van der Waals surface area contributed by atoms with Gasteiger partial charge >= 0.3 is 0 Å². The molecule has 0 saturated carbocycles. The predicted molar refractivity (Wildman–Crippen MR) is 98.1 cm³/mol. The molecule has 0 bridgehead atoms. The van der Waals surface area contributed by atoms with Gasteiger partial charge in [0.25, 0.3) is 0 Å². The number of ketones is 1. The van der Waals surface area contributed by atoms with Gasteiger partial charge in [-0.1, -0.05) is 49.1 Å². The Kier molecular flexibility index (Phi) is 6.33. The zero-order chi connectivity index (χ0) is 17.7. The summed E-state index contributed by atoms with van der Waals surface area (Å²) < 4.78 is 0.570. The van der Waals surface area contributed by atoms with Crippen LogP contribution in [-0.2, 0) is 9.59 Å². The van der Waals surface area contributed by atoms with E-state index in [1.807, 2.05) is 12.1 Å². The third kappa shape index (κ3) is 4.78. The Morgan fingerprint density at radius 3 is 2.38 bits per heavy atom. The molecule has 0 spiro atoms. The SMILES string of the molecule is CNC(=O)[C@@H](Sc1nnc(Nc2ccc(C(C)C)cc2)s1)C(C)=O. The van der Waals surface area contributed by atoms with Gasteiger partial charge in [0, 0.05) is 12.7 Å². The molecule has 128 valence electrons. The first-order chi connectivity index (χ1) is 11.4. The van der Waals surface area contributed by atoms with E-state index in [1.165, 1.54) is 30.9 Å². The van der Waals surface area contributed by atoms with E-state index in [1.54, 1.807) is 0 Å². The van der Waals surface area contributed by atoms with Gasteiger partial charge in [-0.15, -0.1) is 10.2 Å². The van der Waals surface area contributed by atoms with Gasteiger partial charge in [-0.3, -0.25) is 9.59 Å². The molecular formula is C16H20N4O2S2. The number of nitrogens with one attached hydrogen (secondary N) is 2. The van der Waals surface area contributed by atoms with Crippen LogP contribution in [0.4, 0.5) is 10.8 Å². The summed E-state index contributed by atoms with van der Waals surface area (Å²) in [6.07, 6.45) is 0. The van der Waals surface area contributed by atoms with Crippen LogP contribution in [0.2, 0.25) is 0 Å². The van der Waals surface area contributed by atoms with Crippen LogP contribution < -0.4 is 10.6 Å². The highest BCUT2D eigenvalue weighted by molar-refractivity contribution is 8.03. The van der Waals surface area contributed by atoms with Crippen molar-refractivity contribution in [1.29, 1.82) is 0 Å². The molecule has 1 atom stereocenters. The highest BCUT2D eigenvalue weighted by atomic mass is 32.2. The van der Waals surface area contributed by atoms with Crippen LogP contribution in [0.1, 0.15) is 32.3 Å².